The highest BCUT2D eigenvalue weighted by molar-refractivity contribution is 5.82. The van der Waals surface area contributed by atoms with Crippen LogP contribution in [0, 0.1) is 5.41 Å². The van der Waals surface area contributed by atoms with Crippen LogP contribution in [0.25, 0.3) is 0 Å². The average molecular weight is 224 g/mol. The van der Waals surface area contributed by atoms with Crippen molar-refractivity contribution in [2.24, 2.45) is 5.41 Å². The van der Waals surface area contributed by atoms with Crippen molar-refractivity contribution in [1.82, 2.24) is 0 Å². The maximum Gasteiger partial charge on any atom is 0.330 e. The summed E-state index contributed by atoms with van der Waals surface area (Å²) in [5, 5.41) is 0. The molecule has 1 fully saturated rings. The number of esters is 1. The van der Waals surface area contributed by atoms with Crippen LogP contribution in [0.5, 0.6) is 0 Å². The summed E-state index contributed by atoms with van der Waals surface area (Å²) in [6, 6.07) is 0. The monoisotopic (exact) mass is 224 g/mol. The summed E-state index contributed by atoms with van der Waals surface area (Å²) in [5.74, 6) is -0.195. The minimum Gasteiger partial charge on any atom is -0.455 e. The Balaban J connectivity index is 2.83. The molecule has 1 saturated carbocycles. The summed E-state index contributed by atoms with van der Waals surface area (Å²) < 4.78 is 5.76. The Hall–Kier alpha value is -0.790. The van der Waals surface area contributed by atoms with Crippen molar-refractivity contribution in [3.05, 3.63) is 12.2 Å². The Morgan fingerprint density at radius 2 is 1.75 bits per heavy atom. The highest BCUT2D eigenvalue weighted by Gasteiger charge is 2.45. The number of hydrogen-bond donors (Lipinski definition) is 0. The van der Waals surface area contributed by atoms with Crippen LogP contribution < -0.4 is 0 Å². The van der Waals surface area contributed by atoms with E-state index >= 15 is 0 Å². The smallest absolute Gasteiger partial charge is 0.330 e. The maximum atomic E-state index is 11.7. The van der Waals surface area contributed by atoms with E-state index in [1.165, 1.54) is 25.3 Å². The van der Waals surface area contributed by atoms with Crippen LogP contribution in [-0.4, -0.2) is 11.6 Å². The number of carbonyl (C=O) groups excluding carboxylic acids is 1. The van der Waals surface area contributed by atoms with Gasteiger partial charge in [0.15, 0.2) is 0 Å². The van der Waals surface area contributed by atoms with E-state index in [9.17, 15) is 4.79 Å². The number of ether oxygens (including phenoxy) is 1. The van der Waals surface area contributed by atoms with Gasteiger partial charge in [-0.2, -0.15) is 0 Å². The van der Waals surface area contributed by atoms with Crippen LogP contribution in [0.2, 0.25) is 0 Å². The van der Waals surface area contributed by atoms with Gasteiger partial charge in [-0.25, -0.2) is 4.79 Å². The van der Waals surface area contributed by atoms with E-state index in [1.807, 2.05) is 6.92 Å². The van der Waals surface area contributed by atoms with Crippen molar-refractivity contribution in [2.45, 2.75) is 65.4 Å². The highest BCUT2D eigenvalue weighted by atomic mass is 16.6. The molecule has 0 aliphatic heterocycles. The summed E-state index contributed by atoms with van der Waals surface area (Å²) in [4.78, 5) is 11.7. The molecule has 92 valence electrons. The van der Waals surface area contributed by atoms with Crippen molar-refractivity contribution >= 4 is 5.97 Å². The minimum absolute atomic E-state index is 0.0185. The Bertz CT molecular complexity index is 265. The zero-order valence-electron chi connectivity index (χ0n) is 11.0. The Morgan fingerprint density at radius 3 is 2.19 bits per heavy atom. The zero-order chi connectivity index (χ0) is 12.2. The molecule has 0 N–H and O–H groups in total. The molecule has 1 aliphatic carbocycles. The second kappa shape index (κ2) is 5.03. The lowest BCUT2D eigenvalue weighted by Gasteiger charge is -2.46. The molecular formula is C14H24O2. The van der Waals surface area contributed by atoms with Gasteiger partial charge in [-0.05, 0) is 32.6 Å². The molecule has 0 aromatic carbocycles. The fraction of sp³-hybridized carbons (Fsp3) is 0.786. The molecule has 1 aliphatic rings. The average Bonchev–Trinajstić information content (AvgIpc) is 2.17. The van der Waals surface area contributed by atoms with Gasteiger partial charge in [-0.3, -0.25) is 0 Å². The first kappa shape index (κ1) is 13.3. The van der Waals surface area contributed by atoms with E-state index in [0.29, 0.717) is 0 Å². The third-order valence-corrected chi connectivity index (χ3v) is 3.63. The maximum absolute atomic E-state index is 11.7. The zero-order valence-corrected chi connectivity index (χ0v) is 11.0. The molecule has 0 atom stereocenters. The van der Waals surface area contributed by atoms with E-state index in [4.69, 9.17) is 4.74 Å². The van der Waals surface area contributed by atoms with Crippen molar-refractivity contribution in [3.8, 4) is 0 Å². The SMILES string of the molecule is CC=CC(=O)OC1(C(C)(C)C)CCCCC1. The number of hydrogen-bond acceptors (Lipinski definition) is 2. The standard InChI is InChI=1S/C14H24O2/c1-5-9-12(15)16-14(13(2,3)4)10-7-6-8-11-14/h5,9H,6-8,10-11H2,1-4H3. The molecule has 16 heavy (non-hydrogen) atoms. The molecule has 1 rings (SSSR count). The summed E-state index contributed by atoms with van der Waals surface area (Å²) >= 11 is 0. The van der Waals surface area contributed by atoms with Crippen LogP contribution in [0.15, 0.2) is 12.2 Å². The molecule has 0 bridgehead atoms. The number of carbonyl (C=O) groups is 1. The Kier molecular flexibility index (Phi) is 4.17. The van der Waals surface area contributed by atoms with Gasteiger partial charge in [0, 0.05) is 11.5 Å². The quantitative estimate of drug-likeness (QED) is 0.526. The van der Waals surface area contributed by atoms with Crippen LogP contribution in [0.4, 0.5) is 0 Å². The normalized spacial score (nSPS) is 21.0. The van der Waals surface area contributed by atoms with Crippen molar-refractivity contribution < 1.29 is 9.53 Å². The van der Waals surface area contributed by atoms with Crippen LogP contribution in [0.3, 0.4) is 0 Å². The largest absolute Gasteiger partial charge is 0.455 e. The van der Waals surface area contributed by atoms with Gasteiger partial charge in [0.1, 0.15) is 5.60 Å². The van der Waals surface area contributed by atoms with Crippen LogP contribution in [-0.2, 0) is 9.53 Å². The molecule has 0 aromatic heterocycles. The van der Waals surface area contributed by atoms with Crippen molar-refractivity contribution in [1.29, 1.82) is 0 Å². The van der Waals surface area contributed by atoms with Crippen LogP contribution >= 0.6 is 0 Å². The Labute approximate surface area is 99.1 Å². The molecule has 0 spiro atoms. The molecule has 0 heterocycles. The third-order valence-electron chi connectivity index (χ3n) is 3.63. The summed E-state index contributed by atoms with van der Waals surface area (Å²) in [6.45, 7) is 8.34. The van der Waals surface area contributed by atoms with E-state index in [-0.39, 0.29) is 17.0 Å². The van der Waals surface area contributed by atoms with Crippen LogP contribution in [0.1, 0.15) is 59.8 Å². The first-order valence-corrected chi connectivity index (χ1v) is 6.27. The first-order valence-electron chi connectivity index (χ1n) is 6.27. The Morgan fingerprint density at radius 1 is 1.19 bits per heavy atom. The van der Waals surface area contributed by atoms with Gasteiger partial charge in [-0.15, -0.1) is 0 Å². The lowest BCUT2D eigenvalue weighted by Crippen LogP contribution is -2.48. The summed E-state index contributed by atoms with van der Waals surface area (Å²) in [6.07, 6.45) is 8.85. The molecule has 0 amide bonds. The lowest BCUT2D eigenvalue weighted by molar-refractivity contribution is -0.173. The van der Waals surface area contributed by atoms with Crippen molar-refractivity contribution in [3.63, 3.8) is 0 Å². The van der Waals surface area contributed by atoms with Gasteiger partial charge >= 0.3 is 5.97 Å². The van der Waals surface area contributed by atoms with Gasteiger partial charge in [0.05, 0.1) is 0 Å². The highest BCUT2D eigenvalue weighted by Crippen LogP contribution is 2.44. The first-order chi connectivity index (χ1) is 7.41. The van der Waals surface area contributed by atoms with Gasteiger partial charge in [-0.1, -0.05) is 33.3 Å². The third kappa shape index (κ3) is 2.87. The van der Waals surface area contributed by atoms with E-state index in [0.717, 1.165) is 12.8 Å². The molecular weight excluding hydrogens is 200 g/mol. The van der Waals surface area contributed by atoms with E-state index < -0.39 is 0 Å². The molecule has 0 aromatic rings. The predicted molar refractivity (Wildman–Crippen MR) is 66.2 cm³/mol. The molecule has 0 radical (unpaired) electrons. The fourth-order valence-electron chi connectivity index (χ4n) is 2.49. The topological polar surface area (TPSA) is 26.3 Å². The molecule has 2 heteroatoms. The summed E-state index contributed by atoms with van der Waals surface area (Å²) in [7, 11) is 0. The second-order valence-electron chi connectivity index (χ2n) is 5.73. The van der Waals surface area contributed by atoms with E-state index in [2.05, 4.69) is 20.8 Å². The predicted octanol–water partition coefficient (Wildman–Crippen LogP) is 3.85. The van der Waals surface area contributed by atoms with Crippen molar-refractivity contribution in [2.75, 3.05) is 0 Å². The molecule has 2 nitrogen and oxygen atoms in total. The lowest BCUT2D eigenvalue weighted by atomic mass is 9.68. The number of allylic oxidation sites excluding steroid dienone is 1. The molecule has 0 unspecified atom stereocenters. The fourth-order valence-corrected chi connectivity index (χ4v) is 2.49. The van der Waals surface area contributed by atoms with E-state index in [1.54, 1.807) is 6.08 Å². The van der Waals surface area contributed by atoms with Gasteiger partial charge < -0.3 is 4.74 Å². The summed E-state index contributed by atoms with van der Waals surface area (Å²) in [5.41, 5.74) is -0.244. The van der Waals surface area contributed by atoms with Gasteiger partial charge in [0.25, 0.3) is 0 Å². The number of rotatable bonds is 2. The molecule has 0 saturated heterocycles. The van der Waals surface area contributed by atoms with Gasteiger partial charge in [0.2, 0.25) is 0 Å². The minimum atomic E-state index is -0.262. The second-order valence-corrected chi connectivity index (χ2v) is 5.73.